The predicted octanol–water partition coefficient (Wildman–Crippen LogP) is 4.23. The highest BCUT2D eigenvalue weighted by Crippen LogP contribution is 2.30. The summed E-state index contributed by atoms with van der Waals surface area (Å²) >= 11 is 0. The summed E-state index contributed by atoms with van der Waals surface area (Å²) in [5.74, 6) is 1.12. The summed E-state index contributed by atoms with van der Waals surface area (Å²) in [6.45, 7) is 0.230. The Kier molecular flexibility index (Phi) is 6.14. The van der Waals surface area contributed by atoms with Crippen molar-refractivity contribution >= 4 is 11.7 Å². The lowest BCUT2D eigenvalue weighted by Gasteiger charge is -2.10. The number of carbonyl (C=O) groups is 1. The molecule has 0 saturated heterocycles. The minimum Gasteiger partial charge on any atom is -0.493 e. The first-order valence-electron chi connectivity index (χ1n) is 8.78. The first kappa shape index (κ1) is 21.0. The van der Waals surface area contributed by atoms with Crippen molar-refractivity contribution in [3.63, 3.8) is 0 Å². The van der Waals surface area contributed by atoms with E-state index in [2.05, 4.69) is 15.7 Å². The van der Waals surface area contributed by atoms with Crippen LogP contribution in [0.15, 0.2) is 54.9 Å². The van der Waals surface area contributed by atoms with Gasteiger partial charge >= 0.3 is 12.2 Å². The predicted molar refractivity (Wildman–Crippen MR) is 104 cm³/mol. The highest BCUT2D eigenvalue weighted by Gasteiger charge is 2.30. The summed E-state index contributed by atoms with van der Waals surface area (Å²) in [5, 5.41) is 9.27. The number of urea groups is 1. The zero-order valence-corrected chi connectivity index (χ0v) is 16.2. The van der Waals surface area contributed by atoms with E-state index in [0.29, 0.717) is 17.2 Å². The lowest BCUT2D eigenvalue weighted by atomic mass is 10.2. The molecule has 0 spiro atoms. The van der Waals surface area contributed by atoms with E-state index in [-0.39, 0.29) is 12.2 Å². The number of hydrogen-bond donors (Lipinski definition) is 2. The fourth-order valence-electron chi connectivity index (χ4n) is 2.70. The van der Waals surface area contributed by atoms with Crippen LogP contribution in [0.1, 0.15) is 11.1 Å². The van der Waals surface area contributed by atoms with Gasteiger partial charge in [-0.1, -0.05) is 12.1 Å². The van der Waals surface area contributed by atoms with E-state index in [4.69, 9.17) is 9.47 Å². The SMILES string of the molecule is COc1ccc(CNC(=O)Nc2cnn(-c3cccc(C(F)(F)F)c3)c2)cc1OC. The molecule has 1 heterocycles. The molecule has 2 aromatic carbocycles. The number of carbonyl (C=O) groups excluding carboxylic acids is 1. The Hall–Kier alpha value is -3.69. The van der Waals surface area contributed by atoms with Crippen molar-refractivity contribution < 1.29 is 27.4 Å². The molecule has 3 aromatic rings. The van der Waals surface area contributed by atoms with Gasteiger partial charge in [-0.15, -0.1) is 0 Å². The average Bonchev–Trinajstić information content (AvgIpc) is 3.20. The molecular formula is C20H19F3N4O3. The van der Waals surface area contributed by atoms with E-state index in [1.54, 1.807) is 18.2 Å². The number of nitrogens with zero attached hydrogens (tertiary/aromatic N) is 2. The highest BCUT2D eigenvalue weighted by atomic mass is 19.4. The molecule has 2 N–H and O–H groups in total. The van der Waals surface area contributed by atoms with E-state index >= 15 is 0 Å². The third kappa shape index (κ3) is 5.02. The molecule has 0 aliphatic rings. The van der Waals surface area contributed by atoms with Gasteiger partial charge in [-0.3, -0.25) is 0 Å². The first-order chi connectivity index (χ1) is 14.3. The Morgan fingerprint density at radius 2 is 1.87 bits per heavy atom. The van der Waals surface area contributed by atoms with Crippen LogP contribution in [0.5, 0.6) is 11.5 Å². The molecule has 0 bridgehead atoms. The number of hydrogen-bond acceptors (Lipinski definition) is 4. The van der Waals surface area contributed by atoms with Crippen LogP contribution < -0.4 is 20.1 Å². The van der Waals surface area contributed by atoms with Crippen molar-refractivity contribution in [2.75, 3.05) is 19.5 Å². The summed E-state index contributed by atoms with van der Waals surface area (Å²) < 4.78 is 50.2. The summed E-state index contributed by atoms with van der Waals surface area (Å²) in [6.07, 6.45) is -1.68. The molecule has 3 rings (SSSR count). The number of aromatic nitrogens is 2. The molecule has 0 aliphatic carbocycles. The number of nitrogens with one attached hydrogen (secondary N) is 2. The van der Waals surface area contributed by atoms with E-state index in [0.717, 1.165) is 17.7 Å². The van der Waals surface area contributed by atoms with Crippen molar-refractivity contribution in [1.29, 1.82) is 0 Å². The number of halogens is 3. The molecule has 0 unspecified atom stereocenters. The van der Waals surface area contributed by atoms with Crippen LogP contribution in [0.4, 0.5) is 23.7 Å². The number of anilines is 1. The van der Waals surface area contributed by atoms with Crippen LogP contribution in [0.3, 0.4) is 0 Å². The zero-order valence-electron chi connectivity index (χ0n) is 16.2. The van der Waals surface area contributed by atoms with Crippen molar-refractivity contribution in [1.82, 2.24) is 15.1 Å². The van der Waals surface area contributed by atoms with Gasteiger partial charge in [-0.2, -0.15) is 18.3 Å². The minimum atomic E-state index is -4.45. The molecule has 0 fully saturated rings. The van der Waals surface area contributed by atoms with Crippen LogP contribution >= 0.6 is 0 Å². The lowest BCUT2D eigenvalue weighted by molar-refractivity contribution is -0.137. The van der Waals surface area contributed by atoms with Crippen molar-refractivity contribution in [2.24, 2.45) is 0 Å². The molecule has 7 nitrogen and oxygen atoms in total. The number of rotatable bonds is 6. The Morgan fingerprint density at radius 1 is 1.10 bits per heavy atom. The number of ether oxygens (including phenoxy) is 2. The maximum atomic E-state index is 12.9. The fourth-order valence-corrected chi connectivity index (χ4v) is 2.70. The van der Waals surface area contributed by atoms with E-state index in [9.17, 15) is 18.0 Å². The molecule has 0 saturated carbocycles. The standard InChI is InChI=1S/C20H19F3N4O3/c1-29-17-7-6-13(8-18(17)30-2)10-24-19(28)26-15-11-25-27(12-15)16-5-3-4-14(9-16)20(21,22)23/h3-9,11-12H,10H2,1-2H3,(H2,24,26,28). The fraction of sp³-hybridized carbons (Fsp3) is 0.200. The second-order valence-corrected chi connectivity index (χ2v) is 6.22. The molecule has 158 valence electrons. The van der Waals surface area contributed by atoms with Gasteiger partial charge in [0.1, 0.15) is 0 Å². The monoisotopic (exact) mass is 420 g/mol. The topological polar surface area (TPSA) is 77.4 Å². The maximum Gasteiger partial charge on any atom is 0.416 e. The summed E-state index contributed by atoms with van der Waals surface area (Å²) in [6, 6.07) is 9.51. The van der Waals surface area contributed by atoms with Gasteiger partial charge in [0.25, 0.3) is 0 Å². The van der Waals surface area contributed by atoms with Crippen LogP contribution in [0.2, 0.25) is 0 Å². The van der Waals surface area contributed by atoms with Gasteiger partial charge in [0.15, 0.2) is 11.5 Å². The molecule has 0 atom stereocenters. The normalized spacial score (nSPS) is 11.1. The molecular weight excluding hydrogens is 401 g/mol. The van der Waals surface area contributed by atoms with E-state index in [1.807, 2.05) is 0 Å². The smallest absolute Gasteiger partial charge is 0.416 e. The Balaban J connectivity index is 1.62. The highest BCUT2D eigenvalue weighted by molar-refractivity contribution is 5.88. The van der Waals surface area contributed by atoms with Gasteiger partial charge in [0, 0.05) is 6.54 Å². The van der Waals surface area contributed by atoms with Gasteiger partial charge in [0.2, 0.25) is 0 Å². The Labute approximate surface area is 170 Å². The number of alkyl halides is 3. The van der Waals surface area contributed by atoms with E-state index < -0.39 is 17.8 Å². The number of benzene rings is 2. The quantitative estimate of drug-likeness (QED) is 0.626. The number of amides is 2. The Morgan fingerprint density at radius 3 is 2.57 bits per heavy atom. The molecule has 0 aliphatic heterocycles. The summed E-state index contributed by atoms with van der Waals surface area (Å²) in [7, 11) is 3.05. The second-order valence-electron chi connectivity index (χ2n) is 6.22. The molecule has 2 amide bonds. The van der Waals surface area contributed by atoms with Crippen LogP contribution in [-0.4, -0.2) is 30.0 Å². The first-order valence-corrected chi connectivity index (χ1v) is 8.78. The number of methoxy groups -OCH3 is 2. The van der Waals surface area contributed by atoms with Gasteiger partial charge in [-0.25, -0.2) is 9.48 Å². The third-order valence-electron chi connectivity index (χ3n) is 4.18. The average molecular weight is 420 g/mol. The third-order valence-corrected chi connectivity index (χ3v) is 4.18. The molecule has 0 radical (unpaired) electrons. The largest absolute Gasteiger partial charge is 0.493 e. The van der Waals surface area contributed by atoms with Crippen molar-refractivity contribution in [2.45, 2.75) is 12.7 Å². The van der Waals surface area contributed by atoms with Gasteiger partial charge < -0.3 is 20.1 Å². The molecule has 30 heavy (non-hydrogen) atoms. The maximum absolute atomic E-state index is 12.9. The Bertz CT molecular complexity index is 1030. The van der Waals surface area contributed by atoms with Crippen LogP contribution in [0.25, 0.3) is 5.69 Å². The molecule has 10 heteroatoms. The second kappa shape index (κ2) is 8.76. The van der Waals surface area contributed by atoms with Crippen molar-refractivity contribution in [3.05, 3.63) is 66.0 Å². The van der Waals surface area contributed by atoms with E-state index in [1.165, 1.54) is 43.4 Å². The van der Waals surface area contributed by atoms with Gasteiger partial charge in [-0.05, 0) is 35.9 Å². The zero-order chi connectivity index (χ0) is 21.7. The van der Waals surface area contributed by atoms with Crippen molar-refractivity contribution in [3.8, 4) is 17.2 Å². The lowest BCUT2D eigenvalue weighted by Crippen LogP contribution is -2.28. The van der Waals surface area contributed by atoms with Crippen LogP contribution in [0, 0.1) is 0 Å². The minimum absolute atomic E-state index is 0.226. The van der Waals surface area contributed by atoms with Crippen LogP contribution in [-0.2, 0) is 12.7 Å². The summed E-state index contributed by atoms with van der Waals surface area (Å²) in [4.78, 5) is 12.1. The summed E-state index contributed by atoms with van der Waals surface area (Å²) in [5.41, 5.74) is 0.570. The molecule has 1 aromatic heterocycles. The van der Waals surface area contributed by atoms with Gasteiger partial charge in [0.05, 0.1) is 43.6 Å².